The smallest absolute Gasteiger partial charge is 0.194 e. The average molecular weight is 338 g/mol. The van der Waals surface area contributed by atoms with Crippen molar-refractivity contribution in [3.05, 3.63) is 60.4 Å². The SMILES string of the molecule is CCNC(=NCc1ccon1)N(C)Cc1ncc(-c2ccccc2)[nH]1. The van der Waals surface area contributed by atoms with Crippen LogP contribution in [-0.4, -0.2) is 39.6 Å². The molecule has 0 saturated heterocycles. The summed E-state index contributed by atoms with van der Waals surface area (Å²) in [7, 11) is 1.98. The second kappa shape index (κ2) is 8.14. The summed E-state index contributed by atoms with van der Waals surface area (Å²) in [6.45, 7) is 3.92. The van der Waals surface area contributed by atoms with E-state index in [-0.39, 0.29) is 0 Å². The highest BCUT2D eigenvalue weighted by Gasteiger charge is 2.10. The van der Waals surface area contributed by atoms with Crippen molar-refractivity contribution in [2.24, 2.45) is 4.99 Å². The molecule has 0 amide bonds. The molecule has 7 heteroatoms. The number of nitrogens with zero attached hydrogens (tertiary/aromatic N) is 4. The summed E-state index contributed by atoms with van der Waals surface area (Å²) in [6, 6.07) is 12.0. The number of rotatable bonds is 6. The largest absolute Gasteiger partial charge is 0.364 e. The zero-order valence-corrected chi connectivity index (χ0v) is 14.4. The third-order valence-electron chi connectivity index (χ3n) is 3.68. The van der Waals surface area contributed by atoms with E-state index in [1.165, 1.54) is 0 Å². The van der Waals surface area contributed by atoms with E-state index < -0.39 is 0 Å². The van der Waals surface area contributed by atoms with E-state index in [9.17, 15) is 0 Å². The second-order valence-electron chi connectivity index (χ2n) is 5.63. The van der Waals surface area contributed by atoms with E-state index in [4.69, 9.17) is 4.52 Å². The molecule has 0 unspecified atom stereocenters. The monoisotopic (exact) mass is 338 g/mol. The maximum absolute atomic E-state index is 4.84. The molecule has 2 N–H and O–H groups in total. The molecule has 3 rings (SSSR count). The number of H-pyrrole nitrogens is 1. The summed E-state index contributed by atoms with van der Waals surface area (Å²) in [5, 5.41) is 7.16. The number of hydrogen-bond donors (Lipinski definition) is 2. The molecule has 0 radical (unpaired) electrons. The number of guanidine groups is 1. The summed E-state index contributed by atoms with van der Waals surface area (Å²) in [5.74, 6) is 1.68. The third kappa shape index (κ3) is 4.47. The van der Waals surface area contributed by atoms with Gasteiger partial charge in [-0.05, 0) is 12.5 Å². The maximum Gasteiger partial charge on any atom is 0.194 e. The van der Waals surface area contributed by atoms with E-state index in [1.807, 2.05) is 49.3 Å². The topological polar surface area (TPSA) is 82.3 Å². The van der Waals surface area contributed by atoms with Gasteiger partial charge >= 0.3 is 0 Å². The van der Waals surface area contributed by atoms with Gasteiger partial charge in [0, 0.05) is 19.7 Å². The first kappa shape index (κ1) is 16.8. The van der Waals surface area contributed by atoms with Crippen molar-refractivity contribution in [1.82, 2.24) is 25.3 Å². The summed E-state index contributed by atoms with van der Waals surface area (Å²) >= 11 is 0. The number of imidazole rings is 1. The molecule has 0 bridgehead atoms. The van der Waals surface area contributed by atoms with Crippen LogP contribution >= 0.6 is 0 Å². The van der Waals surface area contributed by atoms with Gasteiger partial charge in [0.1, 0.15) is 17.8 Å². The third-order valence-corrected chi connectivity index (χ3v) is 3.68. The van der Waals surface area contributed by atoms with Gasteiger partial charge in [-0.2, -0.15) is 0 Å². The number of nitrogens with one attached hydrogen (secondary N) is 2. The first-order chi connectivity index (χ1) is 12.3. The maximum atomic E-state index is 4.84. The Hall–Kier alpha value is -3.09. The molecule has 7 nitrogen and oxygen atoms in total. The summed E-state index contributed by atoms with van der Waals surface area (Å²) in [4.78, 5) is 14.5. The van der Waals surface area contributed by atoms with Crippen LogP contribution < -0.4 is 5.32 Å². The number of aliphatic imine (C=N–C) groups is 1. The molecule has 2 heterocycles. The fraction of sp³-hybridized carbons (Fsp3) is 0.278. The Kier molecular flexibility index (Phi) is 5.46. The standard InChI is InChI=1S/C18H22N6O/c1-3-19-18(21-11-15-9-10-25-23-15)24(2)13-17-20-12-16(22-17)14-7-5-4-6-8-14/h4-10,12H,3,11,13H2,1-2H3,(H,19,21)(H,20,22). The van der Waals surface area contributed by atoms with E-state index in [2.05, 4.69) is 37.6 Å². The molecular formula is C18H22N6O. The molecule has 0 aliphatic heterocycles. The first-order valence-corrected chi connectivity index (χ1v) is 8.24. The Morgan fingerprint density at radius 3 is 2.84 bits per heavy atom. The second-order valence-corrected chi connectivity index (χ2v) is 5.63. The lowest BCUT2D eigenvalue weighted by molar-refractivity contribution is 0.411. The van der Waals surface area contributed by atoms with Gasteiger partial charge in [-0.3, -0.25) is 0 Å². The first-order valence-electron chi connectivity index (χ1n) is 8.24. The molecule has 2 aromatic heterocycles. The van der Waals surface area contributed by atoms with Crippen molar-refractivity contribution < 1.29 is 4.52 Å². The van der Waals surface area contributed by atoms with Crippen molar-refractivity contribution in [3.63, 3.8) is 0 Å². The molecule has 25 heavy (non-hydrogen) atoms. The van der Waals surface area contributed by atoms with Crippen molar-refractivity contribution in [3.8, 4) is 11.3 Å². The zero-order valence-electron chi connectivity index (χ0n) is 14.4. The Balaban J connectivity index is 1.67. The average Bonchev–Trinajstić information content (AvgIpc) is 3.31. The Labute approximate surface area is 146 Å². The predicted octanol–water partition coefficient (Wildman–Crippen LogP) is 2.66. The Morgan fingerprint density at radius 1 is 1.28 bits per heavy atom. The number of aromatic nitrogens is 3. The fourth-order valence-corrected chi connectivity index (χ4v) is 2.45. The fourth-order valence-electron chi connectivity index (χ4n) is 2.45. The lowest BCUT2D eigenvalue weighted by Gasteiger charge is -2.20. The van der Waals surface area contributed by atoms with Crippen LogP contribution in [0, 0.1) is 0 Å². The van der Waals surface area contributed by atoms with Gasteiger partial charge in [-0.15, -0.1) is 0 Å². The van der Waals surface area contributed by atoms with Crippen LogP contribution in [0.3, 0.4) is 0 Å². The van der Waals surface area contributed by atoms with Gasteiger partial charge in [0.2, 0.25) is 0 Å². The molecule has 0 saturated carbocycles. The van der Waals surface area contributed by atoms with E-state index in [1.54, 1.807) is 6.26 Å². The quantitative estimate of drug-likeness (QED) is 0.533. The lowest BCUT2D eigenvalue weighted by atomic mass is 10.2. The van der Waals surface area contributed by atoms with Gasteiger partial charge in [-0.25, -0.2) is 9.98 Å². The minimum absolute atomic E-state index is 0.469. The van der Waals surface area contributed by atoms with Crippen molar-refractivity contribution >= 4 is 5.96 Å². The molecule has 130 valence electrons. The minimum atomic E-state index is 0.469. The van der Waals surface area contributed by atoms with Gasteiger partial charge in [0.05, 0.1) is 25.0 Å². The van der Waals surface area contributed by atoms with Gasteiger partial charge < -0.3 is 19.7 Å². The van der Waals surface area contributed by atoms with Crippen LogP contribution in [0.2, 0.25) is 0 Å². The number of aromatic amines is 1. The van der Waals surface area contributed by atoms with Crippen LogP contribution in [0.5, 0.6) is 0 Å². The zero-order chi connectivity index (χ0) is 17.5. The van der Waals surface area contributed by atoms with Crippen LogP contribution in [0.1, 0.15) is 18.4 Å². The highest BCUT2D eigenvalue weighted by Crippen LogP contribution is 2.16. The Bertz CT molecular complexity index is 794. The van der Waals surface area contributed by atoms with Crippen molar-refractivity contribution in [2.75, 3.05) is 13.6 Å². The van der Waals surface area contributed by atoms with E-state index in [0.29, 0.717) is 13.1 Å². The van der Waals surface area contributed by atoms with Gasteiger partial charge in [0.25, 0.3) is 0 Å². The van der Waals surface area contributed by atoms with Crippen molar-refractivity contribution in [2.45, 2.75) is 20.0 Å². The van der Waals surface area contributed by atoms with E-state index in [0.717, 1.165) is 35.3 Å². The van der Waals surface area contributed by atoms with E-state index >= 15 is 0 Å². The molecule has 0 fully saturated rings. The van der Waals surface area contributed by atoms with Gasteiger partial charge in [-0.1, -0.05) is 35.5 Å². The number of hydrogen-bond acceptors (Lipinski definition) is 4. The van der Waals surface area contributed by atoms with Crippen molar-refractivity contribution in [1.29, 1.82) is 0 Å². The summed E-state index contributed by atoms with van der Waals surface area (Å²) < 4.78 is 4.84. The molecule has 0 aliphatic rings. The number of benzene rings is 1. The van der Waals surface area contributed by atoms with Crippen LogP contribution in [0.25, 0.3) is 11.3 Å². The molecule has 0 spiro atoms. The summed E-state index contributed by atoms with van der Waals surface area (Å²) in [5.41, 5.74) is 2.93. The van der Waals surface area contributed by atoms with Crippen LogP contribution in [0.4, 0.5) is 0 Å². The van der Waals surface area contributed by atoms with Crippen LogP contribution in [-0.2, 0) is 13.1 Å². The molecule has 3 aromatic rings. The summed E-state index contributed by atoms with van der Waals surface area (Å²) in [6.07, 6.45) is 3.41. The lowest BCUT2D eigenvalue weighted by Crippen LogP contribution is -2.38. The van der Waals surface area contributed by atoms with Gasteiger partial charge in [0.15, 0.2) is 5.96 Å². The normalized spacial score (nSPS) is 11.5. The molecule has 1 aromatic carbocycles. The highest BCUT2D eigenvalue weighted by atomic mass is 16.5. The highest BCUT2D eigenvalue weighted by molar-refractivity contribution is 5.79. The molecular weight excluding hydrogens is 316 g/mol. The predicted molar refractivity (Wildman–Crippen MR) is 96.8 cm³/mol. The minimum Gasteiger partial charge on any atom is -0.364 e. The molecule has 0 aliphatic carbocycles. The Morgan fingerprint density at radius 2 is 2.12 bits per heavy atom. The van der Waals surface area contributed by atoms with Crippen LogP contribution in [0.15, 0.2) is 58.4 Å². The molecule has 0 atom stereocenters.